The molecular weight excluding hydrogens is 491 g/mol. The number of thiazole rings is 1. The fourth-order valence-electron chi connectivity index (χ4n) is 3.54. The number of fused-ring (bicyclic) bond motifs is 1. The van der Waals surface area contributed by atoms with E-state index in [0.717, 1.165) is 5.56 Å². The van der Waals surface area contributed by atoms with Gasteiger partial charge in [-0.2, -0.15) is 0 Å². The van der Waals surface area contributed by atoms with Crippen LogP contribution in [0.1, 0.15) is 31.0 Å². The molecule has 1 unspecified atom stereocenters. The van der Waals surface area contributed by atoms with Gasteiger partial charge in [-0.1, -0.05) is 70.4 Å². The molecule has 0 fully saturated rings. The summed E-state index contributed by atoms with van der Waals surface area (Å²) in [6, 6.07) is 11.5. The fourth-order valence-corrected chi connectivity index (χ4v) is 5.13. The van der Waals surface area contributed by atoms with Crippen molar-refractivity contribution in [3.05, 3.63) is 99.6 Å². The number of hydrogen-bond acceptors (Lipinski definition) is 5. The third kappa shape index (κ3) is 4.16. The van der Waals surface area contributed by atoms with Gasteiger partial charge in [0.25, 0.3) is 5.56 Å². The molecular formula is C23H17Cl3N2O3S. The van der Waals surface area contributed by atoms with Crippen molar-refractivity contribution in [3.63, 3.8) is 0 Å². The molecule has 1 aromatic heterocycles. The van der Waals surface area contributed by atoms with Gasteiger partial charge in [0, 0.05) is 5.02 Å². The van der Waals surface area contributed by atoms with E-state index in [-0.39, 0.29) is 17.7 Å². The molecule has 0 N–H and O–H groups in total. The van der Waals surface area contributed by atoms with E-state index in [1.54, 1.807) is 56.3 Å². The summed E-state index contributed by atoms with van der Waals surface area (Å²) in [5, 5.41) is 1.26. The van der Waals surface area contributed by atoms with E-state index in [4.69, 9.17) is 39.5 Å². The van der Waals surface area contributed by atoms with Crippen molar-refractivity contribution >= 4 is 58.2 Å². The van der Waals surface area contributed by atoms with Gasteiger partial charge in [0.15, 0.2) is 4.80 Å². The minimum atomic E-state index is -0.755. The fraction of sp³-hybridized carbons (Fsp3) is 0.174. The van der Waals surface area contributed by atoms with Gasteiger partial charge < -0.3 is 4.74 Å². The normalized spacial score (nSPS) is 16.0. The van der Waals surface area contributed by atoms with E-state index < -0.39 is 12.0 Å². The van der Waals surface area contributed by atoms with E-state index in [0.29, 0.717) is 35.7 Å². The molecule has 1 atom stereocenters. The third-order valence-electron chi connectivity index (χ3n) is 4.96. The summed E-state index contributed by atoms with van der Waals surface area (Å²) in [5.74, 6) is -0.530. The second-order valence-corrected chi connectivity index (χ2v) is 9.23. The quantitative estimate of drug-likeness (QED) is 0.479. The highest BCUT2D eigenvalue weighted by Crippen LogP contribution is 2.34. The lowest BCUT2D eigenvalue weighted by molar-refractivity contribution is -0.139. The van der Waals surface area contributed by atoms with Crippen LogP contribution in [0.15, 0.2) is 63.5 Å². The first kappa shape index (κ1) is 22.8. The van der Waals surface area contributed by atoms with Crippen LogP contribution in [0.2, 0.25) is 15.1 Å². The Morgan fingerprint density at radius 1 is 1.16 bits per heavy atom. The number of hydrogen-bond donors (Lipinski definition) is 0. The van der Waals surface area contributed by atoms with Crippen molar-refractivity contribution in [2.75, 3.05) is 6.61 Å². The smallest absolute Gasteiger partial charge is 0.338 e. The molecule has 32 heavy (non-hydrogen) atoms. The standard InChI is InChI=1S/C23H17Cl3N2O3S/c1-3-31-22(30)19-12(2)27-23-28(20(19)14-6-4-5-7-15(14)24)21(29)18(32-23)11-13-8-9-16(25)17(26)10-13/h4-11,20H,3H2,1-2H3/b18-11+. The molecule has 1 aliphatic rings. The van der Waals surface area contributed by atoms with Crippen LogP contribution in [-0.2, 0) is 9.53 Å². The van der Waals surface area contributed by atoms with Crippen molar-refractivity contribution in [2.45, 2.75) is 19.9 Å². The van der Waals surface area contributed by atoms with Gasteiger partial charge >= 0.3 is 5.97 Å². The van der Waals surface area contributed by atoms with Gasteiger partial charge in [-0.3, -0.25) is 9.36 Å². The summed E-state index contributed by atoms with van der Waals surface area (Å²) in [7, 11) is 0. The second kappa shape index (κ2) is 9.24. The van der Waals surface area contributed by atoms with Gasteiger partial charge in [-0.15, -0.1) is 0 Å². The third-order valence-corrected chi connectivity index (χ3v) is 7.02. The average molecular weight is 508 g/mol. The van der Waals surface area contributed by atoms with Gasteiger partial charge in [0.1, 0.15) is 6.04 Å². The van der Waals surface area contributed by atoms with E-state index in [2.05, 4.69) is 4.99 Å². The van der Waals surface area contributed by atoms with Crippen LogP contribution in [0.5, 0.6) is 0 Å². The first-order valence-electron chi connectivity index (χ1n) is 9.71. The molecule has 0 saturated carbocycles. The van der Waals surface area contributed by atoms with E-state index in [1.807, 2.05) is 6.07 Å². The zero-order chi connectivity index (χ0) is 23.0. The number of carbonyl (C=O) groups excluding carboxylic acids is 1. The number of halogens is 3. The van der Waals surface area contributed by atoms with Crippen LogP contribution < -0.4 is 14.9 Å². The van der Waals surface area contributed by atoms with Crippen LogP contribution >= 0.6 is 46.1 Å². The van der Waals surface area contributed by atoms with Crippen molar-refractivity contribution in [3.8, 4) is 0 Å². The molecule has 2 heterocycles. The Morgan fingerprint density at radius 2 is 1.91 bits per heavy atom. The van der Waals surface area contributed by atoms with Crippen LogP contribution in [0.25, 0.3) is 6.08 Å². The topological polar surface area (TPSA) is 60.7 Å². The minimum absolute atomic E-state index is 0.201. The molecule has 9 heteroatoms. The number of rotatable bonds is 4. The lowest BCUT2D eigenvalue weighted by Crippen LogP contribution is -2.40. The predicted octanol–water partition coefficient (Wildman–Crippen LogP) is 4.76. The van der Waals surface area contributed by atoms with Gasteiger partial charge in [-0.25, -0.2) is 9.79 Å². The number of carbonyl (C=O) groups is 1. The molecule has 0 aliphatic carbocycles. The molecule has 0 bridgehead atoms. The number of nitrogens with zero attached hydrogens (tertiary/aromatic N) is 2. The van der Waals surface area contributed by atoms with E-state index >= 15 is 0 Å². The van der Waals surface area contributed by atoms with Crippen molar-refractivity contribution in [2.24, 2.45) is 4.99 Å². The van der Waals surface area contributed by atoms with Gasteiger partial charge in [-0.05, 0) is 49.2 Å². The highest BCUT2D eigenvalue weighted by atomic mass is 35.5. The number of esters is 1. The maximum atomic E-state index is 13.5. The predicted molar refractivity (Wildman–Crippen MR) is 128 cm³/mol. The van der Waals surface area contributed by atoms with Gasteiger partial charge in [0.2, 0.25) is 0 Å². The molecule has 164 valence electrons. The number of ether oxygens (including phenoxy) is 1. The van der Waals surface area contributed by atoms with Crippen molar-refractivity contribution < 1.29 is 9.53 Å². The molecule has 0 saturated heterocycles. The average Bonchev–Trinajstić information content (AvgIpc) is 3.05. The largest absolute Gasteiger partial charge is 0.463 e. The highest BCUT2D eigenvalue weighted by Gasteiger charge is 2.34. The molecule has 0 amide bonds. The van der Waals surface area contributed by atoms with Crippen LogP contribution in [0, 0.1) is 0 Å². The molecule has 5 nitrogen and oxygen atoms in total. The zero-order valence-electron chi connectivity index (χ0n) is 17.1. The highest BCUT2D eigenvalue weighted by molar-refractivity contribution is 7.07. The van der Waals surface area contributed by atoms with Crippen LogP contribution in [0.4, 0.5) is 0 Å². The SMILES string of the molecule is CCOC(=O)C1=C(C)N=c2s/c(=C/c3ccc(Cl)c(Cl)c3)c(=O)n2C1c1ccccc1Cl. The monoisotopic (exact) mass is 506 g/mol. The molecule has 1 aliphatic heterocycles. The maximum absolute atomic E-state index is 13.5. The lowest BCUT2D eigenvalue weighted by atomic mass is 9.96. The number of aromatic nitrogens is 1. The van der Waals surface area contributed by atoms with Crippen molar-refractivity contribution in [1.29, 1.82) is 0 Å². The summed E-state index contributed by atoms with van der Waals surface area (Å²) in [6.45, 7) is 3.66. The minimum Gasteiger partial charge on any atom is -0.463 e. The van der Waals surface area contributed by atoms with Crippen molar-refractivity contribution in [1.82, 2.24) is 4.57 Å². The Balaban J connectivity index is 1.98. The Morgan fingerprint density at radius 3 is 2.59 bits per heavy atom. The Bertz CT molecular complexity index is 1440. The Labute approximate surface area is 202 Å². The molecule has 2 aromatic carbocycles. The molecule has 0 spiro atoms. The summed E-state index contributed by atoms with van der Waals surface area (Å²) in [6.07, 6.45) is 1.72. The van der Waals surface area contributed by atoms with Crippen LogP contribution in [0.3, 0.4) is 0 Å². The molecule has 4 rings (SSSR count). The molecule has 0 radical (unpaired) electrons. The maximum Gasteiger partial charge on any atom is 0.338 e. The van der Waals surface area contributed by atoms with Crippen LogP contribution in [-0.4, -0.2) is 17.1 Å². The second-order valence-electron chi connectivity index (χ2n) is 7.00. The molecule has 3 aromatic rings. The lowest BCUT2D eigenvalue weighted by Gasteiger charge is -2.25. The summed E-state index contributed by atoms with van der Waals surface area (Å²) in [4.78, 5) is 31.4. The van der Waals surface area contributed by atoms with E-state index in [9.17, 15) is 9.59 Å². The Kier molecular flexibility index (Phi) is 6.58. The van der Waals surface area contributed by atoms with E-state index in [1.165, 1.54) is 15.9 Å². The summed E-state index contributed by atoms with van der Waals surface area (Å²) in [5.41, 5.74) is 1.82. The summed E-state index contributed by atoms with van der Waals surface area (Å²) < 4.78 is 7.21. The Hall–Kier alpha value is -2.38. The first-order chi connectivity index (χ1) is 15.3. The number of allylic oxidation sites excluding steroid dienone is 1. The first-order valence-corrected chi connectivity index (χ1v) is 11.7. The summed E-state index contributed by atoms with van der Waals surface area (Å²) >= 11 is 19.8. The zero-order valence-corrected chi connectivity index (χ0v) is 20.1. The number of benzene rings is 2. The van der Waals surface area contributed by atoms with Gasteiger partial charge in [0.05, 0.1) is 32.5 Å².